The molecule has 2 saturated heterocycles. The summed E-state index contributed by atoms with van der Waals surface area (Å²) in [6, 6.07) is 0. The molecule has 2 atom stereocenters. The first-order chi connectivity index (χ1) is 12.9. The molecule has 2 aliphatic rings. The lowest BCUT2D eigenvalue weighted by molar-refractivity contribution is -0.145. The van der Waals surface area contributed by atoms with Gasteiger partial charge in [0.15, 0.2) is 0 Å². The van der Waals surface area contributed by atoms with Crippen LogP contribution in [0.1, 0.15) is 39.0 Å². The van der Waals surface area contributed by atoms with Crippen LogP contribution in [0.2, 0.25) is 0 Å². The van der Waals surface area contributed by atoms with E-state index >= 15 is 0 Å². The van der Waals surface area contributed by atoms with E-state index in [1.807, 2.05) is 6.08 Å². The van der Waals surface area contributed by atoms with E-state index in [1.165, 1.54) is 4.31 Å². The molecule has 27 heavy (non-hydrogen) atoms. The van der Waals surface area contributed by atoms with E-state index in [4.69, 9.17) is 5.11 Å². The van der Waals surface area contributed by atoms with Crippen LogP contribution < -0.4 is 0 Å². The third-order valence-corrected chi connectivity index (χ3v) is 5.97. The fourth-order valence-electron chi connectivity index (χ4n) is 3.79. The zero-order valence-electron chi connectivity index (χ0n) is 15.6. The van der Waals surface area contributed by atoms with Crippen molar-refractivity contribution < 1.29 is 23.5 Å². The second-order valence-electron chi connectivity index (χ2n) is 6.98. The maximum absolute atomic E-state index is 12.5. The van der Waals surface area contributed by atoms with Gasteiger partial charge in [-0.25, -0.2) is 0 Å². The van der Waals surface area contributed by atoms with E-state index in [2.05, 4.69) is 6.58 Å². The number of likely N-dealkylation sites (tertiary alicyclic amines) is 1. The molecule has 0 spiro atoms. The van der Waals surface area contributed by atoms with Crippen LogP contribution in [-0.4, -0.2) is 54.6 Å². The Bertz CT molecular complexity index is 665. The minimum Gasteiger partial charge on any atom is -0.755 e. The summed E-state index contributed by atoms with van der Waals surface area (Å²) in [5.74, 6) is -1.09. The maximum Gasteiger partial charge on any atom is 0.306 e. The van der Waals surface area contributed by atoms with Gasteiger partial charge in [0.1, 0.15) is 0 Å². The Kier molecular flexibility index (Phi) is 7.79. The first-order valence-corrected chi connectivity index (χ1v) is 10.3. The molecule has 0 saturated carbocycles. The van der Waals surface area contributed by atoms with Gasteiger partial charge in [0.2, 0.25) is 5.91 Å². The van der Waals surface area contributed by atoms with Crippen LogP contribution in [0.4, 0.5) is 0 Å². The van der Waals surface area contributed by atoms with Gasteiger partial charge in [-0.3, -0.25) is 13.8 Å². The van der Waals surface area contributed by atoms with Crippen LogP contribution in [0.3, 0.4) is 0 Å². The molecule has 1 amide bonds. The van der Waals surface area contributed by atoms with Crippen LogP contribution >= 0.6 is 0 Å². The van der Waals surface area contributed by atoms with Gasteiger partial charge in [-0.1, -0.05) is 24.8 Å². The topological polar surface area (TPSA) is 101 Å². The molecular weight excluding hydrogens is 368 g/mol. The van der Waals surface area contributed by atoms with Gasteiger partial charge in [-0.2, -0.15) is 0 Å². The number of carboxylic acids is 1. The van der Waals surface area contributed by atoms with Gasteiger partial charge in [-0.15, -0.1) is 0 Å². The number of carboxylic acid groups (broad SMARTS) is 1. The third kappa shape index (κ3) is 5.52. The summed E-state index contributed by atoms with van der Waals surface area (Å²) in [5.41, 5.74) is 1.57. The van der Waals surface area contributed by atoms with Crippen LogP contribution in [-0.2, 0) is 20.9 Å². The molecule has 0 bridgehead atoms. The van der Waals surface area contributed by atoms with Crippen molar-refractivity contribution >= 4 is 23.1 Å². The van der Waals surface area contributed by atoms with E-state index in [9.17, 15) is 18.4 Å². The highest BCUT2D eigenvalue weighted by Crippen LogP contribution is 2.33. The first-order valence-electron chi connectivity index (χ1n) is 9.23. The quantitative estimate of drug-likeness (QED) is 0.695. The molecule has 8 heteroatoms. The van der Waals surface area contributed by atoms with E-state index in [0.29, 0.717) is 57.4 Å². The standard InChI is InChI=1S/C19H28N2O5S/c1-3-5-16-12-14(13-21(27(25)26)17(16)4-2)6-7-18(22)20-10-8-15(9-11-20)19(23)24/h3-5,14-15H,1,6-13H2,2H3,(H,23,24)(H,25,26)/p-1/b16-5-,17-4+/t14-/m1/s1. The number of hydrogen-bond acceptors (Lipinski definition) is 4. The number of rotatable bonds is 6. The predicted octanol–water partition coefficient (Wildman–Crippen LogP) is 2.22. The van der Waals surface area contributed by atoms with Crippen LogP contribution in [0.25, 0.3) is 0 Å². The maximum atomic E-state index is 12.5. The minimum atomic E-state index is -2.37. The fraction of sp³-hybridized carbons (Fsp3) is 0.579. The number of aliphatic carboxylic acids is 1. The average Bonchev–Trinajstić information content (AvgIpc) is 2.65. The lowest BCUT2D eigenvalue weighted by Gasteiger charge is -2.39. The van der Waals surface area contributed by atoms with Crippen LogP contribution in [0, 0.1) is 11.8 Å². The average molecular weight is 396 g/mol. The number of nitrogens with zero attached hydrogens (tertiary/aromatic N) is 2. The van der Waals surface area contributed by atoms with E-state index in [-0.39, 0.29) is 17.7 Å². The molecule has 1 unspecified atom stereocenters. The molecule has 1 N–H and O–H groups in total. The molecule has 2 fully saturated rings. The number of carbonyl (C=O) groups is 2. The highest BCUT2D eigenvalue weighted by molar-refractivity contribution is 7.76. The Morgan fingerprint density at radius 3 is 2.56 bits per heavy atom. The molecule has 0 aliphatic carbocycles. The van der Waals surface area contributed by atoms with Crippen LogP contribution in [0.15, 0.2) is 36.1 Å². The van der Waals surface area contributed by atoms with Crippen molar-refractivity contribution in [1.29, 1.82) is 0 Å². The smallest absolute Gasteiger partial charge is 0.306 e. The first kappa shape index (κ1) is 21.4. The number of piperidine rings is 2. The normalized spacial score (nSPS) is 25.6. The van der Waals surface area contributed by atoms with Crippen molar-refractivity contribution in [3.8, 4) is 0 Å². The molecule has 2 aliphatic heterocycles. The molecule has 0 aromatic rings. The summed E-state index contributed by atoms with van der Waals surface area (Å²) in [6.45, 7) is 6.80. The second-order valence-corrected chi connectivity index (χ2v) is 7.86. The molecule has 0 radical (unpaired) electrons. The molecule has 150 valence electrons. The zero-order chi connectivity index (χ0) is 20.0. The second kappa shape index (κ2) is 9.85. The van der Waals surface area contributed by atoms with Crippen molar-refractivity contribution in [2.24, 2.45) is 11.8 Å². The van der Waals surface area contributed by atoms with Crippen molar-refractivity contribution in [3.05, 3.63) is 36.1 Å². The zero-order valence-corrected chi connectivity index (χ0v) is 16.5. The number of allylic oxidation sites excluding steroid dienone is 4. The molecule has 0 aromatic heterocycles. The fourth-order valence-corrected chi connectivity index (χ4v) is 4.51. The lowest BCUT2D eigenvalue weighted by Crippen LogP contribution is -2.41. The summed E-state index contributed by atoms with van der Waals surface area (Å²) in [4.78, 5) is 25.2. The SMILES string of the molecule is C=C/C=C1/C[C@@H](CCC(=O)N2CCC(C(=O)O)CC2)CN(S(=O)[O-])/C1=C/C. The minimum absolute atomic E-state index is 0.0136. The van der Waals surface area contributed by atoms with E-state index < -0.39 is 17.2 Å². The Hall–Kier alpha value is -1.93. The lowest BCUT2D eigenvalue weighted by atomic mass is 9.88. The highest BCUT2D eigenvalue weighted by Gasteiger charge is 2.30. The largest absolute Gasteiger partial charge is 0.755 e. The molecule has 0 aromatic carbocycles. The Balaban J connectivity index is 1.94. The van der Waals surface area contributed by atoms with Crippen molar-refractivity contribution in [3.63, 3.8) is 0 Å². The number of carbonyl (C=O) groups excluding carboxylic acids is 1. The van der Waals surface area contributed by atoms with Gasteiger partial charge < -0.3 is 18.9 Å². The molecule has 2 heterocycles. The van der Waals surface area contributed by atoms with Gasteiger partial charge in [0.05, 0.1) is 5.92 Å². The summed E-state index contributed by atoms with van der Waals surface area (Å²) in [7, 11) is 0. The summed E-state index contributed by atoms with van der Waals surface area (Å²) >= 11 is -2.37. The van der Waals surface area contributed by atoms with Gasteiger partial charge >= 0.3 is 5.97 Å². The molecular formula is C19H27N2O5S-. The van der Waals surface area contributed by atoms with Gasteiger partial charge in [-0.05, 0) is 44.1 Å². The number of amides is 1. The molecule has 7 nitrogen and oxygen atoms in total. The van der Waals surface area contributed by atoms with Crippen LogP contribution in [0.5, 0.6) is 0 Å². The number of hydrogen-bond donors (Lipinski definition) is 1. The predicted molar refractivity (Wildman–Crippen MR) is 102 cm³/mol. The Morgan fingerprint density at radius 2 is 2.04 bits per heavy atom. The summed E-state index contributed by atoms with van der Waals surface area (Å²) in [5, 5.41) is 9.04. The van der Waals surface area contributed by atoms with Gasteiger partial charge in [0, 0.05) is 43.0 Å². The van der Waals surface area contributed by atoms with Crippen molar-refractivity contribution in [1.82, 2.24) is 9.21 Å². The Labute approximate surface area is 162 Å². The summed E-state index contributed by atoms with van der Waals surface area (Å²) < 4.78 is 24.5. The van der Waals surface area contributed by atoms with Gasteiger partial charge in [0.25, 0.3) is 0 Å². The van der Waals surface area contributed by atoms with E-state index in [0.717, 1.165) is 5.57 Å². The Morgan fingerprint density at radius 1 is 1.37 bits per heavy atom. The van der Waals surface area contributed by atoms with E-state index in [1.54, 1.807) is 24.0 Å². The highest BCUT2D eigenvalue weighted by atomic mass is 32.2. The summed E-state index contributed by atoms with van der Waals surface area (Å²) in [6.07, 6.45) is 7.86. The third-order valence-electron chi connectivity index (χ3n) is 5.27. The van der Waals surface area contributed by atoms with Crippen molar-refractivity contribution in [2.45, 2.75) is 39.0 Å². The van der Waals surface area contributed by atoms with Crippen molar-refractivity contribution in [2.75, 3.05) is 19.6 Å². The molecule has 2 rings (SSSR count). The monoisotopic (exact) mass is 395 g/mol.